The molecule has 0 aliphatic heterocycles. The van der Waals surface area contributed by atoms with E-state index in [1.807, 2.05) is 0 Å². The molecule has 1 spiro atoms. The highest BCUT2D eigenvalue weighted by Crippen LogP contribution is 2.89. The minimum absolute atomic E-state index is 0.958. The SMILES string of the molecule is CC1CC(C)C23CC2C13. The van der Waals surface area contributed by atoms with Gasteiger partial charge in [0.05, 0.1) is 0 Å². The summed E-state index contributed by atoms with van der Waals surface area (Å²) in [5.41, 5.74) is 0.958. The van der Waals surface area contributed by atoms with Crippen molar-refractivity contribution < 1.29 is 0 Å². The molecule has 0 heterocycles. The van der Waals surface area contributed by atoms with E-state index in [0.29, 0.717) is 0 Å². The van der Waals surface area contributed by atoms with Gasteiger partial charge in [-0.05, 0) is 41.9 Å². The highest BCUT2D eigenvalue weighted by atomic mass is 14.9. The van der Waals surface area contributed by atoms with Gasteiger partial charge in [-0.15, -0.1) is 0 Å². The molecule has 0 aromatic heterocycles. The van der Waals surface area contributed by atoms with Gasteiger partial charge >= 0.3 is 0 Å². The molecule has 50 valence electrons. The van der Waals surface area contributed by atoms with Crippen LogP contribution < -0.4 is 0 Å². The van der Waals surface area contributed by atoms with E-state index in [1.165, 1.54) is 18.3 Å². The maximum atomic E-state index is 2.46. The van der Waals surface area contributed by atoms with E-state index in [0.717, 1.165) is 17.3 Å². The Morgan fingerprint density at radius 3 is 2.33 bits per heavy atom. The van der Waals surface area contributed by atoms with Gasteiger partial charge in [-0.2, -0.15) is 0 Å². The second-order valence-corrected chi connectivity index (χ2v) is 4.56. The van der Waals surface area contributed by atoms with Crippen LogP contribution >= 0.6 is 0 Å². The molecular weight excluding hydrogens is 108 g/mol. The molecule has 0 radical (unpaired) electrons. The first-order valence-electron chi connectivity index (χ1n) is 4.27. The summed E-state index contributed by atoms with van der Waals surface area (Å²) in [5.74, 6) is 4.59. The van der Waals surface area contributed by atoms with Crippen LogP contribution in [-0.2, 0) is 0 Å². The second kappa shape index (κ2) is 0.980. The summed E-state index contributed by atoms with van der Waals surface area (Å²) >= 11 is 0. The minimum Gasteiger partial charge on any atom is -0.0622 e. The monoisotopic (exact) mass is 122 g/mol. The average molecular weight is 122 g/mol. The van der Waals surface area contributed by atoms with Crippen LogP contribution in [0, 0.1) is 29.1 Å². The molecule has 3 fully saturated rings. The molecule has 5 unspecified atom stereocenters. The summed E-state index contributed by atoms with van der Waals surface area (Å²) in [4.78, 5) is 0. The predicted octanol–water partition coefficient (Wildman–Crippen LogP) is 2.30. The van der Waals surface area contributed by atoms with Crippen LogP contribution in [0.4, 0.5) is 0 Å². The van der Waals surface area contributed by atoms with Crippen molar-refractivity contribution in [3.8, 4) is 0 Å². The minimum atomic E-state index is 0.958. The van der Waals surface area contributed by atoms with Gasteiger partial charge in [-0.3, -0.25) is 0 Å². The topological polar surface area (TPSA) is 0 Å². The molecule has 0 aromatic carbocycles. The summed E-state index contributed by atoms with van der Waals surface area (Å²) in [6.07, 6.45) is 3.13. The normalized spacial score (nSPS) is 75.3. The Balaban J connectivity index is 1.98. The van der Waals surface area contributed by atoms with E-state index >= 15 is 0 Å². The van der Waals surface area contributed by atoms with Crippen molar-refractivity contribution in [1.29, 1.82) is 0 Å². The first-order chi connectivity index (χ1) is 4.27. The van der Waals surface area contributed by atoms with Gasteiger partial charge in [0.2, 0.25) is 0 Å². The van der Waals surface area contributed by atoms with E-state index in [1.54, 1.807) is 6.42 Å². The van der Waals surface area contributed by atoms with Crippen LogP contribution in [0.25, 0.3) is 0 Å². The Labute approximate surface area is 56.6 Å². The zero-order valence-corrected chi connectivity index (χ0v) is 6.22. The van der Waals surface area contributed by atoms with E-state index in [2.05, 4.69) is 13.8 Å². The van der Waals surface area contributed by atoms with Gasteiger partial charge in [0, 0.05) is 0 Å². The zero-order valence-electron chi connectivity index (χ0n) is 6.22. The van der Waals surface area contributed by atoms with E-state index < -0.39 is 0 Å². The van der Waals surface area contributed by atoms with Crippen LogP contribution in [0.3, 0.4) is 0 Å². The van der Waals surface area contributed by atoms with Crippen LogP contribution in [-0.4, -0.2) is 0 Å². The summed E-state index contributed by atoms with van der Waals surface area (Å²) in [7, 11) is 0. The fourth-order valence-corrected chi connectivity index (χ4v) is 3.74. The number of hydrogen-bond acceptors (Lipinski definition) is 0. The molecule has 3 aliphatic carbocycles. The third-order valence-corrected chi connectivity index (χ3v) is 4.30. The van der Waals surface area contributed by atoms with Crippen LogP contribution in [0.2, 0.25) is 0 Å². The quantitative estimate of drug-likeness (QED) is 0.462. The maximum absolute atomic E-state index is 2.46. The molecule has 0 heteroatoms. The lowest BCUT2D eigenvalue weighted by Crippen LogP contribution is -1.97. The Morgan fingerprint density at radius 1 is 1.33 bits per heavy atom. The highest BCUT2D eigenvalue weighted by Gasteiger charge is 2.83. The summed E-state index contributed by atoms with van der Waals surface area (Å²) in [6.45, 7) is 4.91. The van der Waals surface area contributed by atoms with Crippen molar-refractivity contribution in [1.82, 2.24) is 0 Å². The standard InChI is InChI=1S/C9H14/c1-5-3-6(2)9-4-7(9)8(5)9/h5-8H,3-4H2,1-2H3. The lowest BCUT2D eigenvalue weighted by molar-refractivity contribution is 0.446. The summed E-state index contributed by atoms with van der Waals surface area (Å²) in [5, 5.41) is 0. The van der Waals surface area contributed by atoms with Gasteiger partial charge in [-0.1, -0.05) is 13.8 Å². The van der Waals surface area contributed by atoms with Crippen molar-refractivity contribution in [2.45, 2.75) is 26.7 Å². The fraction of sp³-hybridized carbons (Fsp3) is 1.00. The Hall–Kier alpha value is 0. The molecule has 0 nitrogen and oxygen atoms in total. The Kier molecular flexibility index (Phi) is 0.518. The van der Waals surface area contributed by atoms with Gasteiger partial charge in [0.1, 0.15) is 0 Å². The Bertz CT molecular complexity index is 169. The third kappa shape index (κ3) is 0.300. The lowest BCUT2D eigenvalue weighted by atomic mass is 10.0. The van der Waals surface area contributed by atoms with Gasteiger partial charge in [0.15, 0.2) is 0 Å². The molecule has 5 atom stereocenters. The molecule has 0 aromatic rings. The maximum Gasteiger partial charge on any atom is -0.0204 e. The van der Waals surface area contributed by atoms with E-state index in [4.69, 9.17) is 0 Å². The summed E-state index contributed by atoms with van der Waals surface area (Å²) in [6, 6.07) is 0. The number of hydrogen-bond donors (Lipinski definition) is 0. The molecular formula is C9H14. The van der Waals surface area contributed by atoms with Crippen molar-refractivity contribution in [2.75, 3.05) is 0 Å². The molecule has 3 rings (SSSR count). The van der Waals surface area contributed by atoms with Crippen molar-refractivity contribution in [3.63, 3.8) is 0 Å². The fourth-order valence-electron chi connectivity index (χ4n) is 3.74. The van der Waals surface area contributed by atoms with Crippen LogP contribution in [0.5, 0.6) is 0 Å². The molecule has 3 aliphatic rings. The first-order valence-corrected chi connectivity index (χ1v) is 4.27. The molecule has 0 bridgehead atoms. The van der Waals surface area contributed by atoms with Crippen LogP contribution in [0.15, 0.2) is 0 Å². The van der Waals surface area contributed by atoms with Crippen molar-refractivity contribution in [3.05, 3.63) is 0 Å². The molecule has 0 amide bonds. The first kappa shape index (κ1) is 4.76. The van der Waals surface area contributed by atoms with E-state index in [9.17, 15) is 0 Å². The van der Waals surface area contributed by atoms with Crippen LogP contribution in [0.1, 0.15) is 26.7 Å². The number of fused-ring (bicyclic) bond motifs is 1. The highest BCUT2D eigenvalue weighted by molar-refractivity contribution is 5.31. The number of rotatable bonds is 0. The smallest absolute Gasteiger partial charge is 0.0204 e. The average Bonchev–Trinajstić information content (AvgIpc) is 2.41. The zero-order chi connectivity index (χ0) is 6.22. The van der Waals surface area contributed by atoms with Gasteiger partial charge in [0.25, 0.3) is 0 Å². The third-order valence-electron chi connectivity index (χ3n) is 4.30. The molecule has 3 saturated carbocycles. The van der Waals surface area contributed by atoms with Gasteiger partial charge in [-0.25, -0.2) is 0 Å². The molecule has 0 saturated heterocycles. The van der Waals surface area contributed by atoms with E-state index in [-0.39, 0.29) is 0 Å². The van der Waals surface area contributed by atoms with Crippen molar-refractivity contribution in [2.24, 2.45) is 29.1 Å². The van der Waals surface area contributed by atoms with Crippen molar-refractivity contribution >= 4 is 0 Å². The van der Waals surface area contributed by atoms with Gasteiger partial charge < -0.3 is 0 Å². The molecule has 0 N–H and O–H groups in total. The Morgan fingerprint density at radius 2 is 2.11 bits per heavy atom. The summed E-state index contributed by atoms with van der Waals surface area (Å²) < 4.78 is 0. The lowest BCUT2D eigenvalue weighted by Gasteiger charge is -2.04. The largest absolute Gasteiger partial charge is 0.0622 e. The second-order valence-electron chi connectivity index (χ2n) is 4.56. The molecule has 9 heavy (non-hydrogen) atoms. The predicted molar refractivity (Wildman–Crippen MR) is 37.0 cm³/mol.